The van der Waals surface area contributed by atoms with Crippen LogP contribution >= 0.6 is 34.9 Å². The van der Waals surface area contributed by atoms with E-state index >= 15 is 0 Å². The monoisotopic (exact) mass is 375 g/mol. The van der Waals surface area contributed by atoms with Crippen molar-refractivity contribution in [2.75, 3.05) is 18.1 Å². The van der Waals surface area contributed by atoms with Gasteiger partial charge in [0.1, 0.15) is 5.60 Å². The van der Waals surface area contributed by atoms with Crippen molar-refractivity contribution in [3.63, 3.8) is 0 Å². The molecule has 1 amide bonds. The summed E-state index contributed by atoms with van der Waals surface area (Å²) in [5, 5.41) is 14.6. The lowest BCUT2D eigenvalue weighted by Crippen LogP contribution is -2.44. The molecule has 23 heavy (non-hydrogen) atoms. The summed E-state index contributed by atoms with van der Waals surface area (Å²) in [6.45, 7) is 5.41. The van der Waals surface area contributed by atoms with Crippen LogP contribution in [0.1, 0.15) is 38.5 Å². The SMILES string of the molecule is CC(C)(C)OC(=O)N[C@@H](CO)CC1(c2cccs2)SCCCS1. The van der Waals surface area contributed by atoms with Gasteiger partial charge in [-0.15, -0.1) is 34.9 Å². The van der Waals surface area contributed by atoms with Gasteiger partial charge in [-0.25, -0.2) is 4.79 Å². The van der Waals surface area contributed by atoms with Crippen molar-refractivity contribution in [2.45, 2.75) is 49.3 Å². The van der Waals surface area contributed by atoms with Crippen LogP contribution in [0.4, 0.5) is 4.79 Å². The summed E-state index contributed by atoms with van der Waals surface area (Å²) in [7, 11) is 0. The van der Waals surface area contributed by atoms with E-state index in [0.717, 1.165) is 11.5 Å². The Balaban J connectivity index is 2.06. The summed E-state index contributed by atoms with van der Waals surface area (Å²) in [6.07, 6.45) is 1.42. The van der Waals surface area contributed by atoms with E-state index in [1.54, 1.807) is 11.3 Å². The third-order valence-corrected chi connectivity index (χ3v) is 8.00. The number of thiophene rings is 1. The fraction of sp³-hybridized carbons (Fsp3) is 0.688. The molecule has 2 rings (SSSR count). The first-order chi connectivity index (χ1) is 10.8. The number of carbonyl (C=O) groups excluding carboxylic acids is 1. The Bertz CT molecular complexity index is 493. The molecule has 1 fully saturated rings. The largest absolute Gasteiger partial charge is 0.444 e. The fourth-order valence-electron chi connectivity index (χ4n) is 2.39. The first-order valence-electron chi connectivity index (χ1n) is 7.77. The molecule has 130 valence electrons. The third-order valence-electron chi connectivity index (χ3n) is 3.31. The zero-order chi connectivity index (χ0) is 16.9. The number of amides is 1. The van der Waals surface area contributed by atoms with Crippen LogP contribution in [0, 0.1) is 0 Å². The van der Waals surface area contributed by atoms with Crippen LogP contribution in [0.5, 0.6) is 0 Å². The molecule has 1 saturated heterocycles. The Labute approximate surface area is 150 Å². The zero-order valence-corrected chi connectivity index (χ0v) is 16.3. The molecular weight excluding hydrogens is 350 g/mol. The maximum atomic E-state index is 12.0. The second-order valence-corrected chi connectivity index (χ2v) is 10.5. The zero-order valence-electron chi connectivity index (χ0n) is 13.8. The molecule has 0 saturated carbocycles. The van der Waals surface area contributed by atoms with E-state index in [0.29, 0.717) is 6.42 Å². The fourth-order valence-corrected chi connectivity index (χ4v) is 7.07. The molecular formula is C16H25NO3S3. The number of aliphatic hydroxyl groups is 1. The minimum absolute atomic E-state index is 0.0885. The maximum absolute atomic E-state index is 12.0. The van der Waals surface area contributed by atoms with Crippen LogP contribution in [0.15, 0.2) is 17.5 Å². The second kappa shape index (κ2) is 8.14. The van der Waals surface area contributed by atoms with Crippen LogP contribution in [-0.2, 0) is 8.82 Å². The van der Waals surface area contributed by atoms with Crippen molar-refractivity contribution >= 4 is 41.0 Å². The van der Waals surface area contributed by atoms with E-state index < -0.39 is 11.7 Å². The van der Waals surface area contributed by atoms with Gasteiger partial charge in [0.15, 0.2) is 0 Å². The number of hydrogen-bond acceptors (Lipinski definition) is 6. The van der Waals surface area contributed by atoms with Crippen LogP contribution in [0.3, 0.4) is 0 Å². The maximum Gasteiger partial charge on any atom is 0.407 e. The number of thioether (sulfide) groups is 2. The molecule has 1 aromatic heterocycles. The number of rotatable bonds is 5. The molecule has 7 heteroatoms. The van der Waals surface area contributed by atoms with Crippen molar-refractivity contribution in [3.8, 4) is 0 Å². The molecule has 1 aromatic rings. The Morgan fingerprint density at radius 2 is 2.13 bits per heavy atom. The van der Waals surface area contributed by atoms with E-state index in [9.17, 15) is 9.90 Å². The first kappa shape index (κ1) is 19.0. The summed E-state index contributed by atoms with van der Waals surface area (Å²) >= 11 is 5.59. The van der Waals surface area contributed by atoms with Gasteiger partial charge in [-0.3, -0.25) is 0 Å². The number of nitrogens with one attached hydrogen (secondary N) is 1. The van der Waals surface area contributed by atoms with Gasteiger partial charge in [0.2, 0.25) is 0 Å². The van der Waals surface area contributed by atoms with Crippen LogP contribution in [0.2, 0.25) is 0 Å². The Hall–Kier alpha value is -0.370. The number of carbonyl (C=O) groups is 1. The lowest BCUT2D eigenvalue weighted by Gasteiger charge is -2.38. The molecule has 1 aliphatic heterocycles. The lowest BCUT2D eigenvalue weighted by molar-refractivity contribution is 0.0478. The highest BCUT2D eigenvalue weighted by Crippen LogP contribution is 2.54. The van der Waals surface area contributed by atoms with Crippen molar-refractivity contribution in [1.29, 1.82) is 0 Å². The number of ether oxygens (including phenoxy) is 1. The summed E-state index contributed by atoms with van der Waals surface area (Å²) in [5.41, 5.74) is -0.538. The van der Waals surface area contributed by atoms with Gasteiger partial charge in [0, 0.05) is 4.88 Å². The average molecular weight is 376 g/mol. The van der Waals surface area contributed by atoms with Gasteiger partial charge in [0.05, 0.1) is 16.7 Å². The highest BCUT2D eigenvalue weighted by molar-refractivity contribution is 8.18. The quantitative estimate of drug-likeness (QED) is 0.813. The van der Waals surface area contributed by atoms with Gasteiger partial charge in [-0.1, -0.05) is 6.07 Å². The summed E-state index contributed by atoms with van der Waals surface area (Å²) < 4.78 is 5.22. The van der Waals surface area contributed by atoms with Crippen molar-refractivity contribution in [2.24, 2.45) is 0 Å². The molecule has 4 nitrogen and oxygen atoms in total. The Morgan fingerprint density at radius 1 is 1.43 bits per heavy atom. The van der Waals surface area contributed by atoms with Crippen LogP contribution in [0.25, 0.3) is 0 Å². The normalized spacial score (nSPS) is 19.1. The van der Waals surface area contributed by atoms with Crippen LogP contribution in [-0.4, -0.2) is 41.0 Å². The van der Waals surface area contributed by atoms with E-state index in [4.69, 9.17) is 4.74 Å². The molecule has 0 bridgehead atoms. The van der Waals surface area contributed by atoms with E-state index in [-0.39, 0.29) is 16.7 Å². The predicted molar refractivity (Wildman–Crippen MR) is 100 cm³/mol. The minimum atomic E-state index is -0.538. The van der Waals surface area contributed by atoms with Crippen molar-refractivity contribution in [3.05, 3.63) is 22.4 Å². The Morgan fingerprint density at radius 3 is 2.65 bits per heavy atom. The van der Waals surface area contributed by atoms with Gasteiger partial charge in [-0.05, 0) is 56.6 Å². The predicted octanol–water partition coefficient (Wildman–Crippen LogP) is 4.05. The minimum Gasteiger partial charge on any atom is -0.444 e. The highest BCUT2D eigenvalue weighted by Gasteiger charge is 2.39. The first-order valence-corrected chi connectivity index (χ1v) is 10.6. The number of alkyl carbamates (subject to hydrolysis) is 1. The average Bonchev–Trinajstić information content (AvgIpc) is 3.00. The third kappa shape index (κ3) is 5.59. The molecule has 0 spiro atoms. The standard InChI is InChI=1S/C16H25NO3S3/c1-15(2,3)20-14(19)17-12(11-18)10-16(13-6-4-7-21-13)22-8-5-9-23-16/h4,6-7,12,18H,5,8-11H2,1-3H3,(H,17,19)/t12-/m1/s1. The van der Waals surface area contributed by atoms with Gasteiger partial charge < -0.3 is 15.2 Å². The molecule has 0 aliphatic carbocycles. The summed E-state index contributed by atoms with van der Waals surface area (Å²) in [5.74, 6) is 2.21. The summed E-state index contributed by atoms with van der Waals surface area (Å²) in [6, 6.07) is 3.90. The molecule has 0 radical (unpaired) electrons. The van der Waals surface area contributed by atoms with E-state index in [2.05, 4.69) is 22.8 Å². The molecule has 0 aromatic carbocycles. The molecule has 2 N–H and O–H groups in total. The Kier molecular flexibility index (Phi) is 6.71. The molecule has 2 heterocycles. The van der Waals surface area contributed by atoms with Gasteiger partial charge in [-0.2, -0.15) is 0 Å². The topological polar surface area (TPSA) is 58.6 Å². The highest BCUT2D eigenvalue weighted by atomic mass is 32.2. The van der Waals surface area contributed by atoms with E-state index in [1.165, 1.54) is 11.3 Å². The van der Waals surface area contributed by atoms with Crippen molar-refractivity contribution in [1.82, 2.24) is 5.32 Å². The summed E-state index contributed by atoms with van der Waals surface area (Å²) in [4.78, 5) is 13.3. The lowest BCUT2D eigenvalue weighted by atomic mass is 10.1. The van der Waals surface area contributed by atoms with E-state index in [1.807, 2.05) is 44.3 Å². The molecule has 1 aliphatic rings. The molecule has 0 unspecified atom stereocenters. The van der Waals surface area contributed by atoms with Gasteiger partial charge in [0.25, 0.3) is 0 Å². The molecule has 1 atom stereocenters. The second-order valence-electron chi connectivity index (χ2n) is 6.51. The number of hydrogen-bond donors (Lipinski definition) is 2. The smallest absolute Gasteiger partial charge is 0.407 e. The van der Waals surface area contributed by atoms with Gasteiger partial charge >= 0.3 is 6.09 Å². The van der Waals surface area contributed by atoms with Crippen LogP contribution < -0.4 is 5.32 Å². The van der Waals surface area contributed by atoms with Crippen molar-refractivity contribution < 1.29 is 14.6 Å². The number of aliphatic hydroxyl groups excluding tert-OH is 1.